The average molecular weight is 177 g/mol. The highest BCUT2D eigenvalue weighted by atomic mass is 15.0. The van der Waals surface area contributed by atoms with Crippen LogP contribution in [-0.4, -0.2) is 9.97 Å². The molecule has 1 saturated carbocycles. The van der Waals surface area contributed by atoms with Gasteiger partial charge in [-0.05, 0) is 18.9 Å². The first-order valence-electron chi connectivity index (χ1n) is 4.94. The summed E-state index contributed by atoms with van der Waals surface area (Å²) in [4.78, 5) is 8.16. The van der Waals surface area contributed by atoms with Gasteiger partial charge in [0.1, 0.15) is 0 Å². The SMILES string of the molecule is Nc1nccc(C2CCCCC2)n1. The summed E-state index contributed by atoms with van der Waals surface area (Å²) >= 11 is 0. The van der Waals surface area contributed by atoms with Gasteiger partial charge in [-0.25, -0.2) is 9.97 Å². The summed E-state index contributed by atoms with van der Waals surface area (Å²) in [6, 6.07) is 1.99. The van der Waals surface area contributed by atoms with Crippen molar-refractivity contribution in [1.82, 2.24) is 9.97 Å². The minimum Gasteiger partial charge on any atom is -0.368 e. The summed E-state index contributed by atoms with van der Waals surface area (Å²) in [5.41, 5.74) is 6.67. The van der Waals surface area contributed by atoms with E-state index in [1.165, 1.54) is 32.1 Å². The molecule has 0 saturated heterocycles. The highest BCUT2D eigenvalue weighted by Crippen LogP contribution is 2.31. The summed E-state index contributed by atoms with van der Waals surface area (Å²) < 4.78 is 0. The van der Waals surface area contributed by atoms with Gasteiger partial charge in [-0.15, -0.1) is 0 Å². The van der Waals surface area contributed by atoms with Crippen LogP contribution in [0, 0.1) is 0 Å². The largest absolute Gasteiger partial charge is 0.368 e. The lowest BCUT2D eigenvalue weighted by molar-refractivity contribution is 0.436. The zero-order chi connectivity index (χ0) is 9.10. The molecule has 0 spiro atoms. The van der Waals surface area contributed by atoms with E-state index < -0.39 is 0 Å². The van der Waals surface area contributed by atoms with Gasteiger partial charge in [-0.2, -0.15) is 0 Å². The van der Waals surface area contributed by atoms with E-state index in [0.717, 1.165) is 5.69 Å². The third-order valence-electron chi connectivity index (χ3n) is 2.72. The lowest BCUT2D eigenvalue weighted by Crippen LogP contribution is -2.08. The second-order valence-electron chi connectivity index (χ2n) is 3.67. The van der Waals surface area contributed by atoms with E-state index in [9.17, 15) is 0 Å². The Labute approximate surface area is 78.4 Å². The van der Waals surface area contributed by atoms with Crippen LogP contribution in [0.5, 0.6) is 0 Å². The van der Waals surface area contributed by atoms with Crippen molar-refractivity contribution in [2.75, 3.05) is 5.73 Å². The standard InChI is InChI=1S/C10H15N3/c11-10-12-7-6-9(13-10)8-4-2-1-3-5-8/h6-8H,1-5H2,(H2,11,12,13). The van der Waals surface area contributed by atoms with Crippen LogP contribution in [0.25, 0.3) is 0 Å². The van der Waals surface area contributed by atoms with Crippen LogP contribution in [0.3, 0.4) is 0 Å². The summed E-state index contributed by atoms with van der Waals surface area (Å²) in [5.74, 6) is 1.03. The number of rotatable bonds is 1. The Kier molecular flexibility index (Phi) is 2.43. The second kappa shape index (κ2) is 3.73. The maximum absolute atomic E-state index is 5.54. The predicted molar refractivity (Wildman–Crippen MR) is 52.3 cm³/mol. The van der Waals surface area contributed by atoms with Gasteiger partial charge in [0.05, 0.1) is 0 Å². The fourth-order valence-electron chi connectivity index (χ4n) is 2.01. The summed E-state index contributed by atoms with van der Waals surface area (Å²) in [5, 5.41) is 0. The molecule has 2 rings (SSSR count). The maximum Gasteiger partial charge on any atom is 0.220 e. The summed E-state index contributed by atoms with van der Waals surface area (Å²) in [6.07, 6.45) is 8.30. The highest BCUT2D eigenvalue weighted by molar-refractivity contribution is 5.19. The van der Waals surface area contributed by atoms with E-state index in [-0.39, 0.29) is 0 Å². The molecule has 1 aliphatic rings. The lowest BCUT2D eigenvalue weighted by Gasteiger charge is -2.20. The van der Waals surface area contributed by atoms with Gasteiger partial charge in [0.25, 0.3) is 0 Å². The van der Waals surface area contributed by atoms with Gasteiger partial charge in [0.2, 0.25) is 5.95 Å². The van der Waals surface area contributed by atoms with Gasteiger partial charge >= 0.3 is 0 Å². The van der Waals surface area contributed by atoms with Gasteiger partial charge in [0, 0.05) is 17.8 Å². The summed E-state index contributed by atoms with van der Waals surface area (Å²) in [7, 11) is 0. The van der Waals surface area contributed by atoms with E-state index in [4.69, 9.17) is 5.73 Å². The smallest absolute Gasteiger partial charge is 0.220 e. The van der Waals surface area contributed by atoms with E-state index in [1.54, 1.807) is 6.20 Å². The molecule has 3 heteroatoms. The molecule has 1 aliphatic carbocycles. The maximum atomic E-state index is 5.54. The van der Waals surface area contributed by atoms with Crippen LogP contribution >= 0.6 is 0 Å². The molecule has 2 N–H and O–H groups in total. The minimum absolute atomic E-state index is 0.406. The van der Waals surface area contributed by atoms with Crippen LogP contribution in [0.1, 0.15) is 43.7 Å². The van der Waals surface area contributed by atoms with Crippen molar-refractivity contribution in [3.05, 3.63) is 18.0 Å². The van der Waals surface area contributed by atoms with Crippen molar-refractivity contribution < 1.29 is 0 Å². The number of aromatic nitrogens is 2. The Hall–Kier alpha value is -1.12. The van der Waals surface area contributed by atoms with Gasteiger partial charge < -0.3 is 5.73 Å². The molecule has 1 fully saturated rings. The molecule has 13 heavy (non-hydrogen) atoms. The van der Waals surface area contributed by atoms with Crippen LogP contribution in [0.4, 0.5) is 5.95 Å². The van der Waals surface area contributed by atoms with Crippen LogP contribution in [0.2, 0.25) is 0 Å². The topological polar surface area (TPSA) is 51.8 Å². The summed E-state index contributed by atoms with van der Waals surface area (Å²) in [6.45, 7) is 0. The number of hydrogen-bond acceptors (Lipinski definition) is 3. The highest BCUT2D eigenvalue weighted by Gasteiger charge is 2.16. The lowest BCUT2D eigenvalue weighted by atomic mass is 9.87. The molecule has 1 aromatic heterocycles. The van der Waals surface area contributed by atoms with Gasteiger partial charge in [-0.3, -0.25) is 0 Å². The molecule has 0 aromatic carbocycles. The Morgan fingerprint density at radius 2 is 2.00 bits per heavy atom. The third kappa shape index (κ3) is 1.97. The van der Waals surface area contributed by atoms with Crippen molar-refractivity contribution in [2.24, 2.45) is 0 Å². The molecule has 1 heterocycles. The van der Waals surface area contributed by atoms with Crippen LogP contribution in [0.15, 0.2) is 12.3 Å². The van der Waals surface area contributed by atoms with Crippen LogP contribution < -0.4 is 5.73 Å². The van der Waals surface area contributed by atoms with E-state index in [0.29, 0.717) is 11.9 Å². The fourth-order valence-corrected chi connectivity index (χ4v) is 2.01. The molecule has 0 aliphatic heterocycles. The van der Waals surface area contributed by atoms with Crippen molar-refractivity contribution in [2.45, 2.75) is 38.0 Å². The normalized spacial score (nSPS) is 18.8. The molecule has 1 aromatic rings. The first-order chi connectivity index (χ1) is 6.36. The van der Waals surface area contributed by atoms with Crippen molar-refractivity contribution in [3.8, 4) is 0 Å². The number of nitrogens with zero attached hydrogens (tertiary/aromatic N) is 2. The third-order valence-corrected chi connectivity index (χ3v) is 2.72. The number of nitrogens with two attached hydrogens (primary N) is 1. The molecule has 70 valence electrons. The number of hydrogen-bond donors (Lipinski definition) is 1. The zero-order valence-electron chi connectivity index (χ0n) is 7.74. The average Bonchev–Trinajstić information content (AvgIpc) is 2.19. The van der Waals surface area contributed by atoms with Crippen molar-refractivity contribution >= 4 is 5.95 Å². The molecule has 3 nitrogen and oxygen atoms in total. The quantitative estimate of drug-likeness (QED) is 0.714. The number of nitrogen functional groups attached to an aromatic ring is 1. The molecule has 0 radical (unpaired) electrons. The molecule has 0 bridgehead atoms. The first kappa shape index (κ1) is 8.48. The van der Waals surface area contributed by atoms with E-state index in [2.05, 4.69) is 9.97 Å². The van der Waals surface area contributed by atoms with Gasteiger partial charge in [0.15, 0.2) is 0 Å². The Balaban J connectivity index is 2.14. The second-order valence-corrected chi connectivity index (χ2v) is 3.67. The molecular weight excluding hydrogens is 162 g/mol. The first-order valence-corrected chi connectivity index (χ1v) is 4.94. The van der Waals surface area contributed by atoms with Crippen LogP contribution in [-0.2, 0) is 0 Å². The zero-order valence-corrected chi connectivity index (χ0v) is 7.74. The van der Waals surface area contributed by atoms with Gasteiger partial charge in [-0.1, -0.05) is 19.3 Å². The molecule has 0 amide bonds. The van der Waals surface area contributed by atoms with E-state index in [1.807, 2.05) is 6.07 Å². The Bertz CT molecular complexity index is 279. The Morgan fingerprint density at radius 1 is 1.23 bits per heavy atom. The minimum atomic E-state index is 0.406. The Morgan fingerprint density at radius 3 is 2.69 bits per heavy atom. The number of anilines is 1. The molecular formula is C10H15N3. The van der Waals surface area contributed by atoms with Crippen molar-refractivity contribution in [3.63, 3.8) is 0 Å². The van der Waals surface area contributed by atoms with Crippen molar-refractivity contribution in [1.29, 1.82) is 0 Å². The molecule has 0 atom stereocenters. The van der Waals surface area contributed by atoms with E-state index >= 15 is 0 Å². The predicted octanol–water partition coefficient (Wildman–Crippen LogP) is 2.11. The monoisotopic (exact) mass is 177 g/mol. The molecule has 0 unspecified atom stereocenters. The fraction of sp³-hybridized carbons (Fsp3) is 0.600.